The van der Waals surface area contributed by atoms with Crippen LogP contribution in [0.1, 0.15) is 0 Å². The molecule has 0 radical (unpaired) electrons. The Morgan fingerprint density at radius 3 is 1.86 bits per heavy atom. The number of rotatable bonds is 4. The maximum Gasteiger partial charge on any atom is 0.355 e. The largest absolute Gasteiger partial charge is 0.469 e. The summed E-state index contributed by atoms with van der Waals surface area (Å²) in [6.07, 6.45) is 0. The summed E-state index contributed by atoms with van der Waals surface area (Å²) in [4.78, 5) is 47.5. The van der Waals surface area contributed by atoms with Crippen molar-refractivity contribution >= 4 is 29.6 Å². The highest BCUT2D eigenvalue weighted by atomic mass is 16.5. The van der Waals surface area contributed by atoms with Crippen molar-refractivity contribution in [1.82, 2.24) is 5.43 Å². The molecule has 0 aromatic rings. The molecular weight excluding hydrogens is 300 g/mol. The Kier molecular flexibility index (Phi) is 5.84. The molecule has 0 saturated heterocycles. The molecule has 22 heavy (non-hydrogen) atoms. The van der Waals surface area contributed by atoms with E-state index in [9.17, 15) is 19.2 Å². The summed E-state index contributed by atoms with van der Waals surface area (Å²) in [6, 6.07) is -1.31. The van der Waals surface area contributed by atoms with Gasteiger partial charge in [0.25, 0.3) is 0 Å². The maximum absolute atomic E-state index is 12.0. The molecule has 0 bridgehead atoms. The third kappa shape index (κ3) is 3.15. The summed E-state index contributed by atoms with van der Waals surface area (Å²) >= 11 is 0. The van der Waals surface area contributed by atoms with Gasteiger partial charge >= 0.3 is 23.9 Å². The SMILES string of the molecule is COC(=O)C1=NN[C@@H](C(=O)OC)[C@@H](C(=O)OC)[C@H]1C(=O)OC. The van der Waals surface area contributed by atoms with Gasteiger partial charge in [0, 0.05) is 0 Å². The van der Waals surface area contributed by atoms with Crippen molar-refractivity contribution in [1.29, 1.82) is 0 Å². The van der Waals surface area contributed by atoms with E-state index in [2.05, 4.69) is 29.5 Å². The van der Waals surface area contributed by atoms with Crippen LogP contribution in [0.4, 0.5) is 0 Å². The lowest BCUT2D eigenvalue weighted by Gasteiger charge is -2.32. The van der Waals surface area contributed by atoms with Gasteiger partial charge in [-0.25, -0.2) is 9.59 Å². The standard InChI is InChI=1S/C12H16N2O8/c1-19-9(15)5-6(10(16)20-2)8(12(18)22-4)14-13-7(5)11(17)21-3/h5-7,13H,1-4H3/t5-,6+,7+/m0/s1. The van der Waals surface area contributed by atoms with Gasteiger partial charge in [-0.15, -0.1) is 0 Å². The third-order valence-electron chi connectivity index (χ3n) is 3.12. The van der Waals surface area contributed by atoms with Gasteiger partial charge in [-0.05, 0) is 0 Å². The zero-order valence-corrected chi connectivity index (χ0v) is 12.4. The Labute approximate surface area is 125 Å². The van der Waals surface area contributed by atoms with Gasteiger partial charge < -0.3 is 18.9 Å². The number of hydrogen-bond donors (Lipinski definition) is 1. The topological polar surface area (TPSA) is 130 Å². The number of hydrazone groups is 1. The van der Waals surface area contributed by atoms with Gasteiger partial charge in [-0.3, -0.25) is 15.0 Å². The van der Waals surface area contributed by atoms with E-state index >= 15 is 0 Å². The molecule has 1 heterocycles. The Balaban J connectivity index is 3.38. The zero-order chi connectivity index (χ0) is 16.9. The second-order valence-electron chi connectivity index (χ2n) is 4.17. The minimum absolute atomic E-state index is 0.398. The number of carbonyl (C=O) groups is 4. The normalized spacial score (nSPS) is 23.5. The van der Waals surface area contributed by atoms with Gasteiger partial charge in [0.15, 0.2) is 11.8 Å². The fourth-order valence-electron chi connectivity index (χ4n) is 2.05. The van der Waals surface area contributed by atoms with Crippen LogP contribution in [0.3, 0.4) is 0 Å². The zero-order valence-electron chi connectivity index (χ0n) is 12.4. The molecule has 0 aliphatic carbocycles. The van der Waals surface area contributed by atoms with E-state index in [-0.39, 0.29) is 0 Å². The van der Waals surface area contributed by atoms with Crippen LogP contribution in [0.15, 0.2) is 5.10 Å². The van der Waals surface area contributed by atoms with E-state index < -0.39 is 47.5 Å². The molecular formula is C12H16N2O8. The third-order valence-corrected chi connectivity index (χ3v) is 3.12. The average molecular weight is 316 g/mol. The van der Waals surface area contributed by atoms with E-state index in [1.165, 1.54) is 0 Å². The van der Waals surface area contributed by atoms with E-state index in [1.54, 1.807) is 0 Å². The predicted octanol–water partition coefficient (Wildman–Crippen LogP) is -1.76. The van der Waals surface area contributed by atoms with Crippen LogP contribution in [0, 0.1) is 11.8 Å². The number of carbonyl (C=O) groups excluding carboxylic acids is 4. The van der Waals surface area contributed by atoms with Crippen molar-refractivity contribution in [3.8, 4) is 0 Å². The van der Waals surface area contributed by atoms with Crippen molar-refractivity contribution in [2.24, 2.45) is 16.9 Å². The van der Waals surface area contributed by atoms with Crippen molar-refractivity contribution in [3.63, 3.8) is 0 Å². The van der Waals surface area contributed by atoms with Crippen molar-refractivity contribution in [2.75, 3.05) is 28.4 Å². The summed E-state index contributed by atoms with van der Waals surface area (Å²) in [7, 11) is 4.33. The second kappa shape index (κ2) is 7.38. The lowest BCUT2D eigenvalue weighted by molar-refractivity contribution is -0.162. The summed E-state index contributed by atoms with van der Waals surface area (Å²) in [6.45, 7) is 0. The van der Waals surface area contributed by atoms with Gasteiger partial charge in [0.1, 0.15) is 11.8 Å². The molecule has 0 aromatic carbocycles. The molecule has 10 heteroatoms. The van der Waals surface area contributed by atoms with Crippen LogP contribution < -0.4 is 5.43 Å². The van der Waals surface area contributed by atoms with Crippen LogP contribution in [0.2, 0.25) is 0 Å². The number of methoxy groups -OCH3 is 4. The first-order valence-corrected chi connectivity index (χ1v) is 6.07. The molecule has 1 aliphatic rings. The van der Waals surface area contributed by atoms with Gasteiger partial charge in [0.05, 0.1) is 28.4 Å². The first-order valence-electron chi connectivity index (χ1n) is 6.07. The summed E-state index contributed by atoms with van der Waals surface area (Å²) in [5.74, 6) is -6.49. The first-order chi connectivity index (χ1) is 10.4. The Morgan fingerprint density at radius 1 is 0.864 bits per heavy atom. The molecule has 0 unspecified atom stereocenters. The van der Waals surface area contributed by atoms with Gasteiger partial charge in [-0.2, -0.15) is 5.10 Å². The van der Waals surface area contributed by atoms with Crippen LogP contribution >= 0.6 is 0 Å². The monoisotopic (exact) mass is 316 g/mol. The smallest absolute Gasteiger partial charge is 0.355 e. The van der Waals surface area contributed by atoms with Gasteiger partial charge in [-0.1, -0.05) is 0 Å². The van der Waals surface area contributed by atoms with Crippen LogP contribution in [0.25, 0.3) is 0 Å². The number of hydrogen-bond acceptors (Lipinski definition) is 10. The minimum Gasteiger partial charge on any atom is -0.469 e. The molecule has 0 aromatic heterocycles. The average Bonchev–Trinajstić information content (AvgIpc) is 2.57. The minimum atomic E-state index is -1.46. The maximum atomic E-state index is 12.0. The Bertz CT molecular complexity index is 515. The summed E-state index contributed by atoms with van der Waals surface area (Å²) in [5.41, 5.74) is 1.92. The predicted molar refractivity (Wildman–Crippen MR) is 69.4 cm³/mol. The Hall–Kier alpha value is -2.65. The fraction of sp³-hybridized carbons (Fsp3) is 0.583. The van der Waals surface area contributed by atoms with Crippen molar-refractivity contribution in [2.45, 2.75) is 6.04 Å². The quantitative estimate of drug-likeness (QED) is 0.473. The second-order valence-corrected chi connectivity index (χ2v) is 4.17. The lowest BCUT2D eigenvalue weighted by atomic mass is 9.81. The summed E-state index contributed by atoms with van der Waals surface area (Å²) < 4.78 is 18.2. The highest BCUT2D eigenvalue weighted by Gasteiger charge is 2.52. The van der Waals surface area contributed by atoms with E-state index in [4.69, 9.17) is 0 Å². The molecule has 122 valence electrons. The van der Waals surface area contributed by atoms with Crippen LogP contribution in [-0.2, 0) is 38.1 Å². The van der Waals surface area contributed by atoms with Crippen LogP contribution in [0.5, 0.6) is 0 Å². The van der Waals surface area contributed by atoms with Crippen molar-refractivity contribution < 1.29 is 38.1 Å². The Morgan fingerprint density at radius 2 is 1.41 bits per heavy atom. The molecule has 0 saturated carbocycles. The molecule has 0 amide bonds. The fourth-order valence-corrected chi connectivity index (χ4v) is 2.05. The lowest BCUT2D eigenvalue weighted by Crippen LogP contribution is -2.57. The number of nitrogens with one attached hydrogen (secondary N) is 1. The van der Waals surface area contributed by atoms with Crippen LogP contribution in [-0.4, -0.2) is 64.1 Å². The molecule has 10 nitrogen and oxygen atoms in total. The molecule has 0 fully saturated rings. The molecule has 0 spiro atoms. The number of nitrogens with zero attached hydrogens (tertiary/aromatic N) is 1. The molecule has 3 atom stereocenters. The van der Waals surface area contributed by atoms with Gasteiger partial charge in [0.2, 0.25) is 0 Å². The van der Waals surface area contributed by atoms with E-state index in [0.717, 1.165) is 28.4 Å². The molecule has 1 aliphatic heterocycles. The van der Waals surface area contributed by atoms with Crippen molar-refractivity contribution in [3.05, 3.63) is 0 Å². The first kappa shape index (κ1) is 17.4. The summed E-state index contributed by atoms with van der Waals surface area (Å²) in [5, 5.41) is 3.65. The van der Waals surface area contributed by atoms with E-state index in [0.29, 0.717) is 0 Å². The highest BCUT2D eigenvalue weighted by Crippen LogP contribution is 2.26. The molecule has 1 N–H and O–H groups in total. The van der Waals surface area contributed by atoms with E-state index in [1.807, 2.05) is 0 Å². The number of esters is 4. The molecule has 1 rings (SSSR count). The number of ether oxygens (including phenoxy) is 4. The highest BCUT2D eigenvalue weighted by molar-refractivity contribution is 6.41.